The molecule has 2 aromatic carbocycles. The van der Waals surface area contributed by atoms with Crippen molar-refractivity contribution in [3.8, 4) is 0 Å². The van der Waals surface area contributed by atoms with E-state index >= 15 is 0 Å². The molecule has 1 aliphatic heterocycles. The van der Waals surface area contributed by atoms with Crippen LogP contribution in [0.3, 0.4) is 0 Å². The van der Waals surface area contributed by atoms with Gasteiger partial charge in [0.1, 0.15) is 12.1 Å². The van der Waals surface area contributed by atoms with Crippen molar-refractivity contribution < 1.29 is 9.47 Å². The SMILES string of the molecule is C=C.CCC1=NC(COC)C(c2ccccc2)O1.Cc1ccccc1. The van der Waals surface area contributed by atoms with E-state index in [0.29, 0.717) is 6.61 Å². The number of rotatable bonds is 4. The zero-order valence-electron chi connectivity index (χ0n) is 15.5. The number of ether oxygens (including phenoxy) is 2. The second kappa shape index (κ2) is 12.0. The van der Waals surface area contributed by atoms with Gasteiger partial charge in [-0.05, 0) is 12.5 Å². The molecule has 1 aliphatic rings. The number of nitrogens with zero attached hydrogens (tertiary/aromatic N) is 1. The predicted molar refractivity (Wildman–Crippen MR) is 106 cm³/mol. The van der Waals surface area contributed by atoms with Crippen LogP contribution < -0.4 is 0 Å². The summed E-state index contributed by atoms with van der Waals surface area (Å²) >= 11 is 0. The average Bonchev–Trinajstić information content (AvgIpc) is 3.09. The van der Waals surface area contributed by atoms with E-state index in [2.05, 4.69) is 56.3 Å². The molecule has 0 aromatic heterocycles. The first kappa shape index (κ1) is 20.7. The van der Waals surface area contributed by atoms with E-state index in [9.17, 15) is 0 Å². The zero-order valence-corrected chi connectivity index (χ0v) is 15.5. The fraction of sp³-hybridized carbons (Fsp3) is 0.318. The minimum atomic E-state index is 0.0103. The molecule has 0 radical (unpaired) electrons. The minimum absolute atomic E-state index is 0.0103. The lowest BCUT2D eigenvalue weighted by atomic mass is 10.0. The molecule has 2 aromatic rings. The van der Waals surface area contributed by atoms with Gasteiger partial charge in [0.15, 0.2) is 5.90 Å². The third-order valence-electron chi connectivity index (χ3n) is 3.63. The van der Waals surface area contributed by atoms with E-state index in [1.807, 2.05) is 36.4 Å². The van der Waals surface area contributed by atoms with Crippen LogP contribution in [0, 0.1) is 6.92 Å². The van der Waals surface area contributed by atoms with Crippen molar-refractivity contribution in [2.75, 3.05) is 13.7 Å². The summed E-state index contributed by atoms with van der Waals surface area (Å²) < 4.78 is 11.0. The fourth-order valence-corrected chi connectivity index (χ4v) is 2.45. The maximum atomic E-state index is 5.83. The number of aliphatic imine (C=N–C) groups is 1. The maximum Gasteiger partial charge on any atom is 0.184 e. The highest BCUT2D eigenvalue weighted by molar-refractivity contribution is 5.78. The van der Waals surface area contributed by atoms with Gasteiger partial charge in [0.25, 0.3) is 0 Å². The Bertz CT molecular complexity index is 610. The Morgan fingerprint density at radius 1 is 1.00 bits per heavy atom. The minimum Gasteiger partial charge on any atom is -0.471 e. The first-order valence-electron chi connectivity index (χ1n) is 8.53. The van der Waals surface area contributed by atoms with Gasteiger partial charge in [-0.1, -0.05) is 73.2 Å². The topological polar surface area (TPSA) is 30.8 Å². The molecule has 0 saturated heterocycles. The Balaban J connectivity index is 0.000000290. The quantitative estimate of drug-likeness (QED) is 0.700. The van der Waals surface area contributed by atoms with Gasteiger partial charge in [-0.25, -0.2) is 4.99 Å². The van der Waals surface area contributed by atoms with Crippen LogP contribution in [0.2, 0.25) is 0 Å². The molecule has 134 valence electrons. The van der Waals surface area contributed by atoms with Crippen LogP contribution in [-0.4, -0.2) is 25.7 Å². The fourth-order valence-electron chi connectivity index (χ4n) is 2.45. The second-order valence-corrected chi connectivity index (χ2v) is 5.50. The van der Waals surface area contributed by atoms with Crippen molar-refractivity contribution in [2.45, 2.75) is 32.4 Å². The van der Waals surface area contributed by atoms with Crippen LogP contribution in [0.4, 0.5) is 0 Å². The van der Waals surface area contributed by atoms with Crippen molar-refractivity contribution in [2.24, 2.45) is 4.99 Å². The van der Waals surface area contributed by atoms with Gasteiger partial charge in [0.05, 0.1) is 6.61 Å². The second-order valence-electron chi connectivity index (χ2n) is 5.50. The van der Waals surface area contributed by atoms with E-state index in [1.165, 1.54) is 5.56 Å². The molecular weight excluding hydrogens is 310 g/mol. The van der Waals surface area contributed by atoms with Gasteiger partial charge in [-0.3, -0.25) is 0 Å². The van der Waals surface area contributed by atoms with E-state index in [-0.39, 0.29) is 12.1 Å². The van der Waals surface area contributed by atoms with Crippen molar-refractivity contribution in [3.05, 3.63) is 84.9 Å². The summed E-state index contributed by atoms with van der Waals surface area (Å²) in [6.07, 6.45) is 0.847. The zero-order chi connectivity index (χ0) is 18.5. The van der Waals surface area contributed by atoms with Crippen molar-refractivity contribution >= 4 is 5.90 Å². The van der Waals surface area contributed by atoms with E-state index in [4.69, 9.17) is 9.47 Å². The van der Waals surface area contributed by atoms with Crippen molar-refractivity contribution in [1.82, 2.24) is 0 Å². The summed E-state index contributed by atoms with van der Waals surface area (Å²) in [5, 5.41) is 0. The third-order valence-corrected chi connectivity index (χ3v) is 3.63. The number of hydrogen-bond acceptors (Lipinski definition) is 3. The van der Waals surface area contributed by atoms with E-state index in [1.54, 1.807) is 7.11 Å². The predicted octanol–water partition coefficient (Wildman–Crippen LogP) is 5.38. The highest BCUT2D eigenvalue weighted by Gasteiger charge is 2.31. The highest BCUT2D eigenvalue weighted by Crippen LogP contribution is 2.29. The van der Waals surface area contributed by atoms with Crippen LogP contribution in [0.25, 0.3) is 0 Å². The Morgan fingerprint density at radius 3 is 2.00 bits per heavy atom. The maximum absolute atomic E-state index is 5.83. The molecule has 0 spiro atoms. The first-order valence-corrected chi connectivity index (χ1v) is 8.53. The number of hydrogen-bond donors (Lipinski definition) is 0. The molecule has 0 aliphatic carbocycles. The van der Waals surface area contributed by atoms with E-state index < -0.39 is 0 Å². The Labute approximate surface area is 152 Å². The summed E-state index contributed by atoms with van der Waals surface area (Å²) in [6, 6.07) is 20.5. The molecule has 3 heteroatoms. The van der Waals surface area contributed by atoms with Gasteiger partial charge in [0, 0.05) is 13.5 Å². The lowest BCUT2D eigenvalue weighted by Crippen LogP contribution is -2.19. The van der Waals surface area contributed by atoms with Gasteiger partial charge in [0.2, 0.25) is 0 Å². The molecule has 3 rings (SSSR count). The number of methoxy groups -OCH3 is 1. The van der Waals surface area contributed by atoms with Gasteiger partial charge in [-0.2, -0.15) is 0 Å². The third kappa shape index (κ3) is 6.94. The van der Waals surface area contributed by atoms with E-state index in [0.717, 1.165) is 17.9 Å². The summed E-state index contributed by atoms with van der Waals surface area (Å²) in [5.41, 5.74) is 2.49. The standard InChI is InChI=1S/C13H17NO2.C7H8.C2H4/c1-3-12-14-11(9-15-2)13(16-12)10-7-5-4-6-8-10;1-7-5-3-2-4-6-7;1-2/h4-8,11,13H,3,9H2,1-2H3;2-6H,1H3;1-2H2. The number of benzene rings is 2. The van der Waals surface area contributed by atoms with Crippen LogP contribution in [0.5, 0.6) is 0 Å². The lowest BCUT2D eigenvalue weighted by Gasteiger charge is -2.17. The largest absolute Gasteiger partial charge is 0.471 e. The summed E-state index contributed by atoms with van der Waals surface area (Å²) in [6.45, 7) is 10.7. The molecular formula is C22H29NO2. The molecule has 2 unspecified atom stereocenters. The average molecular weight is 339 g/mol. The van der Waals surface area contributed by atoms with Crippen molar-refractivity contribution in [3.63, 3.8) is 0 Å². The Morgan fingerprint density at radius 2 is 1.56 bits per heavy atom. The van der Waals surface area contributed by atoms with Gasteiger partial charge >= 0.3 is 0 Å². The van der Waals surface area contributed by atoms with Crippen LogP contribution in [-0.2, 0) is 9.47 Å². The van der Waals surface area contributed by atoms with Crippen molar-refractivity contribution in [1.29, 1.82) is 0 Å². The Hall–Kier alpha value is -2.39. The molecule has 0 bridgehead atoms. The highest BCUT2D eigenvalue weighted by atomic mass is 16.5. The van der Waals surface area contributed by atoms with Gasteiger partial charge < -0.3 is 9.47 Å². The molecule has 0 fully saturated rings. The first-order chi connectivity index (χ1) is 12.2. The Kier molecular flexibility index (Phi) is 9.95. The van der Waals surface area contributed by atoms with Crippen LogP contribution in [0.1, 0.15) is 30.6 Å². The summed E-state index contributed by atoms with van der Waals surface area (Å²) in [5.74, 6) is 0.830. The van der Waals surface area contributed by atoms with Crippen LogP contribution >= 0.6 is 0 Å². The smallest absolute Gasteiger partial charge is 0.184 e. The normalized spacial score (nSPS) is 18.0. The molecule has 2 atom stereocenters. The molecule has 3 nitrogen and oxygen atoms in total. The summed E-state index contributed by atoms with van der Waals surface area (Å²) in [7, 11) is 1.70. The molecule has 0 saturated carbocycles. The molecule has 25 heavy (non-hydrogen) atoms. The monoisotopic (exact) mass is 339 g/mol. The van der Waals surface area contributed by atoms with Crippen LogP contribution in [0.15, 0.2) is 78.8 Å². The summed E-state index contributed by atoms with van der Waals surface area (Å²) in [4.78, 5) is 4.52. The number of aryl methyl sites for hydroxylation is 1. The molecule has 0 amide bonds. The lowest BCUT2D eigenvalue weighted by molar-refractivity contribution is 0.119. The molecule has 1 heterocycles. The molecule has 0 N–H and O–H groups in total. The van der Waals surface area contributed by atoms with Gasteiger partial charge in [-0.15, -0.1) is 13.2 Å².